The van der Waals surface area contributed by atoms with Gasteiger partial charge in [-0.3, -0.25) is 0 Å². The van der Waals surface area contributed by atoms with Crippen LogP contribution in [0.25, 0.3) is 0 Å². The highest BCUT2D eigenvalue weighted by Gasteiger charge is 2.16. The molecule has 1 aliphatic rings. The molecule has 1 aromatic heterocycles. The normalized spacial score (nSPS) is 16.7. The molecule has 0 unspecified atom stereocenters. The van der Waals surface area contributed by atoms with Crippen LogP contribution in [0.4, 0.5) is 5.95 Å². The lowest BCUT2D eigenvalue weighted by Gasteiger charge is -2.24. The summed E-state index contributed by atoms with van der Waals surface area (Å²) < 4.78 is 10.4. The summed E-state index contributed by atoms with van der Waals surface area (Å²) in [7, 11) is 0. The van der Waals surface area contributed by atoms with Gasteiger partial charge in [0.1, 0.15) is 0 Å². The van der Waals surface area contributed by atoms with Crippen LogP contribution >= 0.6 is 0 Å². The molecular weight excluding hydrogens is 208 g/mol. The monoisotopic (exact) mass is 226 g/mol. The van der Waals surface area contributed by atoms with Crippen LogP contribution < -0.4 is 10.6 Å². The number of nitrogens with zero attached hydrogens (tertiary/aromatic N) is 3. The number of aryl methyl sites for hydroxylation is 1. The predicted octanol–water partition coefficient (Wildman–Crippen LogP) is 0.188. The van der Waals surface area contributed by atoms with E-state index in [1.165, 1.54) is 0 Å². The van der Waals surface area contributed by atoms with Crippen molar-refractivity contribution in [3.63, 3.8) is 0 Å². The molecule has 90 valence electrons. The van der Waals surface area contributed by atoms with E-state index in [1.807, 2.05) is 0 Å². The molecule has 2 heterocycles. The van der Waals surface area contributed by atoms with Gasteiger partial charge in [0.05, 0.1) is 13.2 Å². The number of rotatable bonds is 5. The van der Waals surface area contributed by atoms with E-state index in [-0.39, 0.29) is 0 Å². The van der Waals surface area contributed by atoms with Crippen molar-refractivity contribution in [1.82, 2.24) is 10.1 Å². The van der Waals surface area contributed by atoms with Crippen LogP contribution in [0, 0.1) is 0 Å². The standard InChI is InChI=1S/C10H18N4O2/c11-4-2-1-3-9-12-10(13-16-9)14-5-7-15-8-6-14/h1-8,11H2. The van der Waals surface area contributed by atoms with Crippen molar-refractivity contribution in [2.45, 2.75) is 19.3 Å². The summed E-state index contributed by atoms with van der Waals surface area (Å²) in [5.74, 6) is 1.39. The van der Waals surface area contributed by atoms with Gasteiger partial charge in [-0.05, 0) is 24.5 Å². The molecule has 0 saturated carbocycles. The van der Waals surface area contributed by atoms with E-state index in [1.54, 1.807) is 0 Å². The molecule has 1 aliphatic heterocycles. The van der Waals surface area contributed by atoms with E-state index in [4.69, 9.17) is 15.0 Å². The van der Waals surface area contributed by atoms with Gasteiger partial charge in [-0.1, -0.05) is 0 Å². The number of morpholine rings is 1. The minimum absolute atomic E-state index is 0.686. The highest BCUT2D eigenvalue weighted by atomic mass is 16.5. The van der Waals surface area contributed by atoms with E-state index in [0.29, 0.717) is 18.4 Å². The smallest absolute Gasteiger partial charge is 0.266 e. The lowest BCUT2D eigenvalue weighted by atomic mass is 10.2. The number of hydrogen-bond donors (Lipinski definition) is 1. The summed E-state index contributed by atoms with van der Waals surface area (Å²) in [6.45, 7) is 3.85. The third-order valence-corrected chi connectivity index (χ3v) is 2.60. The third-order valence-electron chi connectivity index (χ3n) is 2.60. The maximum atomic E-state index is 5.43. The van der Waals surface area contributed by atoms with Crippen molar-refractivity contribution in [1.29, 1.82) is 0 Å². The number of unbranched alkanes of at least 4 members (excludes halogenated alkanes) is 1. The number of nitrogens with two attached hydrogens (primary N) is 1. The van der Waals surface area contributed by atoms with Crippen LogP contribution in [-0.4, -0.2) is 43.0 Å². The van der Waals surface area contributed by atoms with Crippen LogP contribution in [0.3, 0.4) is 0 Å². The van der Waals surface area contributed by atoms with E-state index < -0.39 is 0 Å². The Kier molecular flexibility index (Phi) is 4.12. The maximum absolute atomic E-state index is 5.43. The molecule has 0 spiro atoms. The van der Waals surface area contributed by atoms with Crippen LogP contribution in [0.1, 0.15) is 18.7 Å². The maximum Gasteiger partial charge on any atom is 0.266 e. The third kappa shape index (κ3) is 2.93. The lowest BCUT2D eigenvalue weighted by Crippen LogP contribution is -2.36. The Hall–Kier alpha value is -1.14. The summed E-state index contributed by atoms with van der Waals surface area (Å²) in [6.07, 6.45) is 2.81. The van der Waals surface area contributed by atoms with Crippen molar-refractivity contribution < 1.29 is 9.26 Å². The average Bonchev–Trinajstić information content (AvgIpc) is 2.79. The first-order chi connectivity index (χ1) is 7.90. The zero-order valence-corrected chi connectivity index (χ0v) is 9.39. The second kappa shape index (κ2) is 5.81. The van der Waals surface area contributed by atoms with Crippen molar-refractivity contribution >= 4 is 5.95 Å². The van der Waals surface area contributed by atoms with Gasteiger partial charge in [-0.15, -0.1) is 0 Å². The van der Waals surface area contributed by atoms with Gasteiger partial charge >= 0.3 is 0 Å². The highest BCUT2D eigenvalue weighted by molar-refractivity contribution is 5.27. The molecule has 1 fully saturated rings. The van der Waals surface area contributed by atoms with Crippen LogP contribution in [0.15, 0.2) is 4.52 Å². The van der Waals surface area contributed by atoms with Crippen LogP contribution in [0.2, 0.25) is 0 Å². The Morgan fingerprint density at radius 2 is 2.06 bits per heavy atom. The largest absolute Gasteiger partial charge is 0.378 e. The van der Waals surface area contributed by atoms with E-state index in [9.17, 15) is 0 Å². The van der Waals surface area contributed by atoms with Gasteiger partial charge in [0, 0.05) is 19.5 Å². The zero-order valence-electron chi connectivity index (χ0n) is 9.39. The summed E-state index contributed by atoms with van der Waals surface area (Å²) in [4.78, 5) is 6.44. The Morgan fingerprint density at radius 3 is 2.81 bits per heavy atom. The minimum atomic E-state index is 0.686. The molecule has 0 amide bonds. The van der Waals surface area contributed by atoms with E-state index in [0.717, 1.165) is 45.6 Å². The Labute approximate surface area is 94.7 Å². The topological polar surface area (TPSA) is 77.4 Å². The highest BCUT2D eigenvalue weighted by Crippen LogP contribution is 2.12. The minimum Gasteiger partial charge on any atom is -0.378 e. The summed E-state index contributed by atoms with van der Waals surface area (Å²) in [5, 5.41) is 3.97. The number of aromatic nitrogens is 2. The van der Waals surface area contributed by atoms with Crippen molar-refractivity contribution in [2.75, 3.05) is 37.7 Å². The fraction of sp³-hybridized carbons (Fsp3) is 0.800. The van der Waals surface area contributed by atoms with Crippen molar-refractivity contribution in [3.8, 4) is 0 Å². The first kappa shape index (κ1) is 11.3. The SMILES string of the molecule is NCCCCc1nc(N2CCOCC2)no1. The number of anilines is 1. The molecule has 1 aromatic rings. The molecule has 6 heteroatoms. The first-order valence-electron chi connectivity index (χ1n) is 5.75. The van der Waals surface area contributed by atoms with Gasteiger partial charge in [0.2, 0.25) is 5.89 Å². The molecule has 2 N–H and O–H groups in total. The summed E-state index contributed by atoms with van der Waals surface area (Å²) in [6, 6.07) is 0. The number of hydrogen-bond acceptors (Lipinski definition) is 6. The molecule has 0 radical (unpaired) electrons. The van der Waals surface area contributed by atoms with Gasteiger partial charge in [-0.2, -0.15) is 4.98 Å². The second-order valence-corrected chi connectivity index (χ2v) is 3.83. The zero-order chi connectivity index (χ0) is 11.2. The second-order valence-electron chi connectivity index (χ2n) is 3.83. The quantitative estimate of drug-likeness (QED) is 0.722. The van der Waals surface area contributed by atoms with Crippen LogP contribution in [0.5, 0.6) is 0 Å². The molecular formula is C10H18N4O2. The number of ether oxygens (including phenoxy) is 1. The molecule has 0 bridgehead atoms. The Balaban J connectivity index is 1.85. The van der Waals surface area contributed by atoms with Gasteiger partial charge in [0.15, 0.2) is 0 Å². The summed E-state index contributed by atoms with van der Waals surface area (Å²) >= 11 is 0. The van der Waals surface area contributed by atoms with Crippen LogP contribution in [-0.2, 0) is 11.2 Å². The van der Waals surface area contributed by atoms with Gasteiger partial charge in [-0.25, -0.2) is 0 Å². The fourth-order valence-corrected chi connectivity index (χ4v) is 1.66. The Morgan fingerprint density at radius 1 is 1.25 bits per heavy atom. The van der Waals surface area contributed by atoms with Crippen molar-refractivity contribution in [2.24, 2.45) is 5.73 Å². The van der Waals surface area contributed by atoms with Gasteiger partial charge in [0.25, 0.3) is 5.95 Å². The van der Waals surface area contributed by atoms with E-state index >= 15 is 0 Å². The first-order valence-corrected chi connectivity index (χ1v) is 5.75. The molecule has 2 rings (SSSR count). The lowest BCUT2D eigenvalue weighted by molar-refractivity contribution is 0.121. The average molecular weight is 226 g/mol. The van der Waals surface area contributed by atoms with E-state index in [2.05, 4.69) is 15.0 Å². The molecule has 0 atom stereocenters. The summed E-state index contributed by atoms with van der Waals surface area (Å²) in [5.41, 5.74) is 5.43. The molecule has 6 nitrogen and oxygen atoms in total. The van der Waals surface area contributed by atoms with Gasteiger partial charge < -0.3 is 19.9 Å². The molecule has 1 saturated heterocycles. The molecule has 16 heavy (non-hydrogen) atoms. The predicted molar refractivity (Wildman–Crippen MR) is 59.3 cm³/mol. The fourth-order valence-electron chi connectivity index (χ4n) is 1.66. The van der Waals surface area contributed by atoms with Crippen molar-refractivity contribution in [3.05, 3.63) is 5.89 Å². The molecule has 0 aliphatic carbocycles. The molecule has 0 aromatic carbocycles. The Bertz CT molecular complexity index is 310.